The summed E-state index contributed by atoms with van der Waals surface area (Å²) in [4.78, 5) is 23.4. The molecule has 1 aromatic heterocycles. The zero-order valence-corrected chi connectivity index (χ0v) is 11.4. The molecular formula is C14H14N2O4. The lowest BCUT2D eigenvalue weighted by Crippen LogP contribution is -2.16. The van der Waals surface area contributed by atoms with Crippen LogP contribution < -0.4 is 5.32 Å². The maximum atomic E-state index is 12.2. The van der Waals surface area contributed by atoms with Crippen molar-refractivity contribution in [3.05, 3.63) is 46.3 Å². The fourth-order valence-electron chi connectivity index (χ4n) is 1.94. The number of amides is 1. The first-order valence-electron chi connectivity index (χ1n) is 5.98. The number of hydrogen-bond donors (Lipinski definition) is 2. The number of aromatic nitrogens is 1. The first kappa shape index (κ1) is 13.8. The molecule has 20 heavy (non-hydrogen) atoms. The molecule has 0 fully saturated rings. The molecule has 2 rings (SSSR count). The van der Waals surface area contributed by atoms with Crippen LogP contribution in [-0.2, 0) is 0 Å². The van der Waals surface area contributed by atoms with Crippen molar-refractivity contribution in [2.24, 2.45) is 0 Å². The number of carbonyl (C=O) groups excluding carboxylic acids is 1. The number of carboxylic acid groups (broad SMARTS) is 1. The van der Waals surface area contributed by atoms with E-state index < -0.39 is 11.9 Å². The maximum Gasteiger partial charge on any atom is 0.337 e. The van der Waals surface area contributed by atoms with Gasteiger partial charge in [0.05, 0.1) is 16.9 Å². The Morgan fingerprint density at radius 1 is 1.25 bits per heavy atom. The van der Waals surface area contributed by atoms with Crippen molar-refractivity contribution in [2.45, 2.75) is 20.8 Å². The second kappa shape index (κ2) is 5.16. The van der Waals surface area contributed by atoms with E-state index >= 15 is 0 Å². The predicted octanol–water partition coefficient (Wildman–Crippen LogP) is 2.55. The molecule has 1 aromatic carbocycles. The van der Waals surface area contributed by atoms with Crippen LogP contribution in [0.3, 0.4) is 0 Å². The number of aromatic carboxylic acids is 1. The molecule has 0 spiro atoms. The Morgan fingerprint density at radius 2 is 1.95 bits per heavy atom. The molecule has 104 valence electrons. The highest BCUT2D eigenvalue weighted by Gasteiger charge is 2.19. The van der Waals surface area contributed by atoms with Crippen molar-refractivity contribution in [3.63, 3.8) is 0 Å². The maximum absolute atomic E-state index is 12.2. The Bertz CT molecular complexity index is 669. The van der Waals surface area contributed by atoms with Crippen LogP contribution >= 0.6 is 0 Å². The minimum absolute atomic E-state index is 0.0464. The molecule has 0 aliphatic heterocycles. The van der Waals surface area contributed by atoms with Gasteiger partial charge in [-0.2, -0.15) is 0 Å². The van der Waals surface area contributed by atoms with E-state index in [-0.39, 0.29) is 11.3 Å². The van der Waals surface area contributed by atoms with Gasteiger partial charge < -0.3 is 14.9 Å². The molecule has 0 unspecified atom stereocenters. The number of hydrogen-bond acceptors (Lipinski definition) is 4. The Hall–Kier alpha value is -2.63. The highest BCUT2D eigenvalue weighted by Crippen LogP contribution is 2.20. The van der Waals surface area contributed by atoms with Gasteiger partial charge in [-0.05, 0) is 32.9 Å². The number of nitrogens with zero attached hydrogens (tertiary/aromatic N) is 1. The summed E-state index contributed by atoms with van der Waals surface area (Å²) in [6, 6.07) is 4.80. The molecule has 0 atom stereocenters. The van der Waals surface area contributed by atoms with Gasteiger partial charge in [0.1, 0.15) is 11.3 Å². The largest absolute Gasteiger partial charge is 0.478 e. The number of anilines is 1. The minimum Gasteiger partial charge on any atom is -0.478 e. The molecular weight excluding hydrogens is 260 g/mol. The first-order chi connectivity index (χ1) is 9.40. The quantitative estimate of drug-likeness (QED) is 0.897. The van der Waals surface area contributed by atoms with Crippen LogP contribution in [0.4, 0.5) is 5.69 Å². The van der Waals surface area contributed by atoms with E-state index in [4.69, 9.17) is 9.63 Å². The highest BCUT2D eigenvalue weighted by molar-refractivity contribution is 6.08. The average Bonchev–Trinajstić information content (AvgIpc) is 2.71. The number of aryl methyl sites for hydroxylation is 3. The lowest BCUT2D eigenvalue weighted by Gasteiger charge is -2.09. The standard InChI is InChI=1S/C14H14N2O4/c1-7-4-5-11(10(6-7)14(18)19)15-13(17)12-8(2)16-20-9(12)3/h4-6H,1-3H3,(H,15,17)(H,18,19). The van der Waals surface area contributed by atoms with E-state index in [2.05, 4.69) is 10.5 Å². The zero-order chi connectivity index (χ0) is 14.9. The highest BCUT2D eigenvalue weighted by atomic mass is 16.5. The normalized spacial score (nSPS) is 10.3. The third-order valence-electron chi connectivity index (χ3n) is 2.91. The van der Waals surface area contributed by atoms with Crippen molar-refractivity contribution < 1.29 is 19.2 Å². The van der Waals surface area contributed by atoms with Crippen molar-refractivity contribution in [2.75, 3.05) is 5.32 Å². The third-order valence-corrected chi connectivity index (χ3v) is 2.91. The molecule has 6 nitrogen and oxygen atoms in total. The molecule has 0 aliphatic rings. The number of carbonyl (C=O) groups is 2. The van der Waals surface area contributed by atoms with Gasteiger partial charge in [-0.3, -0.25) is 4.79 Å². The Labute approximate surface area is 115 Å². The van der Waals surface area contributed by atoms with Crippen LogP contribution in [-0.4, -0.2) is 22.1 Å². The smallest absolute Gasteiger partial charge is 0.337 e. The number of nitrogens with one attached hydrogen (secondary N) is 1. The second-order valence-electron chi connectivity index (χ2n) is 4.51. The number of carboxylic acids is 1. The van der Waals surface area contributed by atoms with E-state index in [1.54, 1.807) is 32.9 Å². The van der Waals surface area contributed by atoms with Crippen molar-refractivity contribution in [1.82, 2.24) is 5.16 Å². The molecule has 1 amide bonds. The van der Waals surface area contributed by atoms with E-state index in [0.717, 1.165) is 5.56 Å². The van der Waals surface area contributed by atoms with Gasteiger partial charge in [0.25, 0.3) is 5.91 Å². The van der Waals surface area contributed by atoms with E-state index in [1.807, 2.05) is 0 Å². The number of rotatable bonds is 3. The van der Waals surface area contributed by atoms with Crippen LogP contribution in [0.15, 0.2) is 22.7 Å². The van der Waals surface area contributed by atoms with E-state index in [9.17, 15) is 9.59 Å². The van der Waals surface area contributed by atoms with Gasteiger partial charge in [-0.15, -0.1) is 0 Å². The van der Waals surface area contributed by atoms with Crippen LogP contribution in [0.25, 0.3) is 0 Å². The summed E-state index contributed by atoms with van der Waals surface area (Å²) in [5, 5.41) is 15.4. The fraction of sp³-hybridized carbons (Fsp3) is 0.214. The summed E-state index contributed by atoms with van der Waals surface area (Å²) in [6.45, 7) is 5.06. The first-order valence-corrected chi connectivity index (χ1v) is 5.98. The summed E-state index contributed by atoms with van der Waals surface area (Å²) in [7, 11) is 0. The molecule has 0 saturated heterocycles. The summed E-state index contributed by atoms with van der Waals surface area (Å²) >= 11 is 0. The SMILES string of the molecule is Cc1ccc(NC(=O)c2c(C)noc2C)c(C(=O)O)c1. The Balaban J connectivity index is 2.36. The van der Waals surface area contributed by atoms with Crippen molar-refractivity contribution in [1.29, 1.82) is 0 Å². The number of benzene rings is 1. The lowest BCUT2D eigenvalue weighted by molar-refractivity contribution is 0.0698. The van der Waals surface area contributed by atoms with Gasteiger partial charge in [-0.1, -0.05) is 16.8 Å². The molecule has 1 heterocycles. The molecule has 0 bridgehead atoms. The molecule has 0 saturated carbocycles. The fourth-order valence-corrected chi connectivity index (χ4v) is 1.94. The molecule has 2 N–H and O–H groups in total. The molecule has 0 radical (unpaired) electrons. The monoisotopic (exact) mass is 274 g/mol. The van der Waals surface area contributed by atoms with Crippen molar-refractivity contribution in [3.8, 4) is 0 Å². The predicted molar refractivity (Wildman–Crippen MR) is 72.1 cm³/mol. The Kier molecular flexibility index (Phi) is 3.56. The minimum atomic E-state index is -1.09. The second-order valence-corrected chi connectivity index (χ2v) is 4.51. The summed E-state index contributed by atoms with van der Waals surface area (Å²) in [6.07, 6.45) is 0. The van der Waals surface area contributed by atoms with Crippen LogP contribution in [0.1, 0.15) is 37.7 Å². The summed E-state index contributed by atoms with van der Waals surface area (Å²) in [5.74, 6) is -1.14. The molecule has 6 heteroatoms. The van der Waals surface area contributed by atoms with Gasteiger partial charge in [0.15, 0.2) is 0 Å². The van der Waals surface area contributed by atoms with Crippen molar-refractivity contribution >= 4 is 17.6 Å². The van der Waals surface area contributed by atoms with Gasteiger partial charge >= 0.3 is 5.97 Å². The zero-order valence-electron chi connectivity index (χ0n) is 11.4. The van der Waals surface area contributed by atoms with Gasteiger partial charge in [-0.25, -0.2) is 4.79 Å². The van der Waals surface area contributed by atoms with Crippen LogP contribution in [0.5, 0.6) is 0 Å². The topological polar surface area (TPSA) is 92.4 Å². The van der Waals surface area contributed by atoms with Crippen LogP contribution in [0, 0.1) is 20.8 Å². The van der Waals surface area contributed by atoms with E-state index in [1.165, 1.54) is 6.07 Å². The van der Waals surface area contributed by atoms with Crippen LogP contribution in [0.2, 0.25) is 0 Å². The third kappa shape index (κ3) is 2.54. The Morgan fingerprint density at radius 3 is 2.50 bits per heavy atom. The average molecular weight is 274 g/mol. The van der Waals surface area contributed by atoms with E-state index in [0.29, 0.717) is 17.0 Å². The molecule has 2 aromatic rings. The van der Waals surface area contributed by atoms with Gasteiger partial charge in [0, 0.05) is 0 Å². The summed E-state index contributed by atoms with van der Waals surface area (Å²) < 4.78 is 4.92. The molecule has 0 aliphatic carbocycles. The van der Waals surface area contributed by atoms with Gasteiger partial charge in [0.2, 0.25) is 0 Å². The lowest BCUT2D eigenvalue weighted by atomic mass is 10.1. The summed E-state index contributed by atoms with van der Waals surface area (Å²) in [5.41, 5.74) is 1.88.